The Labute approximate surface area is 118 Å². The minimum atomic E-state index is -1.35. The quantitative estimate of drug-likeness (QED) is 0.572. The van der Waals surface area contributed by atoms with E-state index in [9.17, 15) is 14.4 Å². The second-order valence-electron chi connectivity index (χ2n) is 3.81. The minimum Gasteiger partial charge on any atom is -0.480 e. The summed E-state index contributed by atoms with van der Waals surface area (Å²) in [6.07, 6.45) is 0.0971. The highest BCUT2D eigenvalue weighted by Gasteiger charge is 2.25. The van der Waals surface area contributed by atoms with Crippen LogP contribution in [0.3, 0.4) is 0 Å². The standard InChI is InChI=1S/C11H15N3O5S/c1-19-9(15)4-6(11(17)18)14-10(16)7-5-20-8(13-7)2-3-12/h5-6H,2-4,12H2,1H3,(H,14,16)(H,17,18)/t6-/m0/s1. The summed E-state index contributed by atoms with van der Waals surface area (Å²) in [6, 6.07) is -1.35. The van der Waals surface area contributed by atoms with Gasteiger partial charge in [-0.1, -0.05) is 0 Å². The van der Waals surface area contributed by atoms with Gasteiger partial charge >= 0.3 is 11.9 Å². The number of hydrogen-bond donors (Lipinski definition) is 3. The number of carbonyl (C=O) groups is 3. The maximum absolute atomic E-state index is 11.8. The molecule has 9 heteroatoms. The van der Waals surface area contributed by atoms with Gasteiger partial charge in [-0.2, -0.15) is 0 Å². The molecule has 0 aliphatic heterocycles. The summed E-state index contributed by atoms with van der Waals surface area (Å²) in [5.74, 6) is -2.69. The number of aromatic nitrogens is 1. The number of methoxy groups -OCH3 is 1. The molecule has 1 amide bonds. The monoisotopic (exact) mass is 301 g/mol. The van der Waals surface area contributed by atoms with Crippen LogP contribution in [0.5, 0.6) is 0 Å². The fourth-order valence-electron chi connectivity index (χ4n) is 1.34. The van der Waals surface area contributed by atoms with Crippen molar-refractivity contribution in [1.82, 2.24) is 10.3 Å². The molecular formula is C11H15N3O5S. The fourth-order valence-corrected chi connectivity index (χ4v) is 2.13. The average Bonchev–Trinajstić information content (AvgIpc) is 2.86. The van der Waals surface area contributed by atoms with Crippen LogP contribution in [0.4, 0.5) is 0 Å². The van der Waals surface area contributed by atoms with Crippen molar-refractivity contribution in [1.29, 1.82) is 0 Å². The van der Waals surface area contributed by atoms with Crippen LogP contribution < -0.4 is 11.1 Å². The van der Waals surface area contributed by atoms with Crippen molar-refractivity contribution < 1.29 is 24.2 Å². The summed E-state index contributed by atoms with van der Waals surface area (Å²) in [5, 5.41) is 13.4. The lowest BCUT2D eigenvalue weighted by Gasteiger charge is -2.12. The van der Waals surface area contributed by atoms with Crippen molar-refractivity contribution in [2.45, 2.75) is 18.9 Å². The largest absolute Gasteiger partial charge is 0.480 e. The van der Waals surface area contributed by atoms with Crippen molar-refractivity contribution in [3.05, 3.63) is 16.1 Å². The first kappa shape index (κ1) is 16.1. The number of aliphatic carboxylic acids is 1. The summed E-state index contributed by atoms with van der Waals surface area (Å²) in [7, 11) is 1.14. The summed E-state index contributed by atoms with van der Waals surface area (Å²) >= 11 is 1.27. The van der Waals surface area contributed by atoms with Gasteiger partial charge in [-0.3, -0.25) is 9.59 Å². The van der Waals surface area contributed by atoms with Gasteiger partial charge < -0.3 is 20.9 Å². The number of hydrogen-bond acceptors (Lipinski definition) is 7. The van der Waals surface area contributed by atoms with Gasteiger partial charge in [0.25, 0.3) is 5.91 Å². The van der Waals surface area contributed by atoms with Crippen molar-refractivity contribution in [3.63, 3.8) is 0 Å². The fraction of sp³-hybridized carbons (Fsp3) is 0.455. The van der Waals surface area contributed by atoms with Gasteiger partial charge in [-0.05, 0) is 6.54 Å². The van der Waals surface area contributed by atoms with Crippen molar-refractivity contribution in [3.8, 4) is 0 Å². The van der Waals surface area contributed by atoms with E-state index >= 15 is 0 Å². The number of carboxylic acids is 1. The number of esters is 1. The van der Waals surface area contributed by atoms with Gasteiger partial charge in [0.1, 0.15) is 11.7 Å². The Kier molecular flexibility index (Phi) is 6.07. The van der Waals surface area contributed by atoms with Crippen LogP contribution in [0.15, 0.2) is 5.38 Å². The lowest BCUT2D eigenvalue weighted by Crippen LogP contribution is -2.42. The van der Waals surface area contributed by atoms with Crippen molar-refractivity contribution in [2.24, 2.45) is 5.73 Å². The molecule has 1 rings (SSSR count). The maximum atomic E-state index is 11.8. The average molecular weight is 301 g/mol. The van der Waals surface area contributed by atoms with Gasteiger partial charge in [0.15, 0.2) is 0 Å². The number of ether oxygens (including phenoxy) is 1. The molecule has 0 bridgehead atoms. The van der Waals surface area contributed by atoms with E-state index in [-0.39, 0.29) is 5.69 Å². The first-order valence-electron chi connectivity index (χ1n) is 5.73. The van der Waals surface area contributed by atoms with Crippen LogP contribution >= 0.6 is 11.3 Å². The van der Waals surface area contributed by atoms with Crippen LogP contribution in [-0.2, 0) is 20.7 Å². The Balaban J connectivity index is 2.69. The topological polar surface area (TPSA) is 132 Å². The number of rotatable bonds is 7. The highest BCUT2D eigenvalue weighted by atomic mass is 32.1. The van der Waals surface area contributed by atoms with E-state index in [4.69, 9.17) is 10.8 Å². The van der Waals surface area contributed by atoms with E-state index in [2.05, 4.69) is 15.0 Å². The van der Waals surface area contributed by atoms with Crippen molar-refractivity contribution >= 4 is 29.2 Å². The van der Waals surface area contributed by atoms with Gasteiger partial charge in [-0.25, -0.2) is 9.78 Å². The molecule has 0 saturated carbocycles. The first-order chi connectivity index (χ1) is 9.47. The van der Waals surface area contributed by atoms with E-state index in [1.54, 1.807) is 0 Å². The highest BCUT2D eigenvalue weighted by Crippen LogP contribution is 2.10. The predicted octanol–water partition coefficient (Wildman–Crippen LogP) is -0.610. The predicted molar refractivity (Wildman–Crippen MR) is 70.4 cm³/mol. The Morgan fingerprint density at radius 3 is 2.80 bits per heavy atom. The number of nitrogens with one attached hydrogen (secondary N) is 1. The van der Waals surface area contributed by atoms with Crippen LogP contribution in [0.1, 0.15) is 21.9 Å². The third-order valence-electron chi connectivity index (χ3n) is 2.34. The van der Waals surface area contributed by atoms with Crippen LogP contribution in [0.2, 0.25) is 0 Å². The van der Waals surface area contributed by atoms with E-state index in [0.29, 0.717) is 18.0 Å². The Morgan fingerprint density at radius 1 is 1.55 bits per heavy atom. The summed E-state index contributed by atoms with van der Waals surface area (Å²) in [4.78, 5) is 37.9. The zero-order valence-electron chi connectivity index (χ0n) is 10.8. The third-order valence-corrected chi connectivity index (χ3v) is 3.25. The molecular weight excluding hydrogens is 286 g/mol. The number of amides is 1. The van der Waals surface area contributed by atoms with Crippen LogP contribution in [0, 0.1) is 0 Å². The molecule has 110 valence electrons. The number of nitrogens with zero attached hydrogens (tertiary/aromatic N) is 1. The van der Waals surface area contributed by atoms with Crippen LogP contribution in [-0.4, -0.2) is 47.6 Å². The molecule has 4 N–H and O–H groups in total. The van der Waals surface area contributed by atoms with E-state index in [0.717, 1.165) is 7.11 Å². The molecule has 0 radical (unpaired) electrons. The molecule has 1 atom stereocenters. The number of thiazole rings is 1. The molecule has 20 heavy (non-hydrogen) atoms. The molecule has 0 fully saturated rings. The molecule has 1 aromatic rings. The molecule has 8 nitrogen and oxygen atoms in total. The normalized spacial score (nSPS) is 11.7. The second kappa shape index (κ2) is 7.56. The van der Waals surface area contributed by atoms with E-state index in [1.807, 2.05) is 0 Å². The number of nitrogens with two attached hydrogens (primary N) is 1. The van der Waals surface area contributed by atoms with E-state index < -0.39 is 30.3 Å². The molecule has 0 spiro atoms. The van der Waals surface area contributed by atoms with E-state index in [1.165, 1.54) is 16.7 Å². The molecule has 0 aromatic carbocycles. The Bertz CT molecular complexity index is 502. The van der Waals surface area contributed by atoms with Gasteiger partial charge in [0.05, 0.1) is 18.5 Å². The molecule has 0 saturated heterocycles. The highest BCUT2D eigenvalue weighted by molar-refractivity contribution is 7.09. The SMILES string of the molecule is COC(=O)C[C@H](NC(=O)c1csc(CCN)n1)C(=O)O. The van der Waals surface area contributed by atoms with Crippen molar-refractivity contribution in [2.75, 3.05) is 13.7 Å². The molecule has 0 unspecified atom stereocenters. The minimum absolute atomic E-state index is 0.106. The molecule has 1 aromatic heterocycles. The first-order valence-corrected chi connectivity index (χ1v) is 6.60. The molecule has 0 aliphatic carbocycles. The van der Waals surface area contributed by atoms with Gasteiger partial charge in [-0.15, -0.1) is 11.3 Å². The smallest absolute Gasteiger partial charge is 0.326 e. The summed E-state index contributed by atoms with van der Waals surface area (Å²) < 4.78 is 4.37. The molecule has 0 aliphatic rings. The zero-order chi connectivity index (χ0) is 15.1. The molecule has 1 heterocycles. The number of carbonyl (C=O) groups excluding carboxylic acids is 2. The zero-order valence-corrected chi connectivity index (χ0v) is 11.6. The summed E-state index contributed by atoms with van der Waals surface area (Å²) in [5.41, 5.74) is 5.48. The second-order valence-corrected chi connectivity index (χ2v) is 4.75. The lowest BCUT2D eigenvalue weighted by atomic mass is 10.2. The van der Waals surface area contributed by atoms with Gasteiger partial charge in [0, 0.05) is 11.8 Å². The Morgan fingerprint density at radius 2 is 2.25 bits per heavy atom. The third kappa shape index (κ3) is 4.59. The Hall–Kier alpha value is -2.00. The number of carboxylic acid groups (broad SMARTS) is 1. The lowest BCUT2D eigenvalue weighted by molar-refractivity contribution is -0.147. The maximum Gasteiger partial charge on any atom is 0.326 e. The summed E-state index contributed by atoms with van der Waals surface area (Å²) in [6.45, 7) is 0.411. The van der Waals surface area contributed by atoms with Crippen LogP contribution in [0.25, 0.3) is 0 Å². The van der Waals surface area contributed by atoms with Gasteiger partial charge in [0.2, 0.25) is 0 Å².